The third-order valence-corrected chi connectivity index (χ3v) is 7.37. The molecule has 0 spiro atoms. The van der Waals surface area contributed by atoms with Gasteiger partial charge < -0.3 is 13.9 Å². The van der Waals surface area contributed by atoms with E-state index in [0.717, 1.165) is 24.8 Å². The number of fused-ring (bicyclic) bond motifs is 3. The molecule has 0 radical (unpaired) electrons. The highest BCUT2D eigenvalue weighted by molar-refractivity contribution is 5.84. The molecule has 27 heavy (non-hydrogen) atoms. The number of carbonyl (C=O) groups excluding carboxylic acids is 3. The van der Waals surface area contributed by atoms with Crippen molar-refractivity contribution in [2.45, 2.75) is 45.6 Å². The molecule has 1 aromatic heterocycles. The Labute approximate surface area is 158 Å². The molecular weight excluding hydrogens is 348 g/mol. The van der Waals surface area contributed by atoms with Crippen molar-refractivity contribution in [3.63, 3.8) is 0 Å². The van der Waals surface area contributed by atoms with Gasteiger partial charge in [-0.15, -0.1) is 0 Å². The predicted molar refractivity (Wildman–Crippen MR) is 94.3 cm³/mol. The number of furan rings is 1. The van der Waals surface area contributed by atoms with Gasteiger partial charge in [0.1, 0.15) is 11.9 Å². The second-order valence-corrected chi connectivity index (χ2v) is 8.56. The minimum absolute atomic E-state index is 0.0142. The van der Waals surface area contributed by atoms with E-state index in [1.807, 2.05) is 0 Å². The lowest BCUT2D eigenvalue weighted by molar-refractivity contribution is -0.167. The second kappa shape index (κ2) is 6.50. The normalized spacial score (nSPS) is 40.6. The highest BCUT2D eigenvalue weighted by Gasteiger charge is 2.64. The van der Waals surface area contributed by atoms with Gasteiger partial charge in [0.15, 0.2) is 0 Å². The molecular formula is C21H26O6. The maximum absolute atomic E-state index is 12.9. The standard InChI is InChI=1S/C21H26O6/c1-11(22)13-9-21(2)14(5-4-6-15(21)19(23)25-3)17-16(13)18(27-20(17)24)12-7-8-26-10-12/h7-8,10,13-18H,4-6,9H2,1-3H3/t13-,14+,15-,16-,17+,18+,21-/m1/s1. The SMILES string of the molecule is COC(=O)[C@H]1CCC[C@H]2[C@@H]3C(=O)O[C@@H](c4ccoc4)[C@@H]3[C@@H](C(C)=O)C[C@@]12C. The van der Waals surface area contributed by atoms with Gasteiger partial charge in [-0.25, -0.2) is 0 Å². The second-order valence-electron chi connectivity index (χ2n) is 8.56. The number of rotatable bonds is 3. The molecule has 0 amide bonds. The van der Waals surface area contributed by atoms with E-state index in [9.17, 15) is 14.4 Å². The number of Topliss-reactive ketones (excluding diaryl/α,β-unsaturated/α-hetero) is 1. The molecule has 1 saturated heterocycles. The summed E-state index contributed by atoms with van der Waals surface area (Å²) in [5, 5.41) is 0. The molecule has 4 rings (SSSR count). The number of ketones is 1. The van der Waals surface area contributed by atoms with E-state index >= 15 is 0 Å². The van der Waals surface area contributed by atoms with Crippen molar-refractivity contribution in [3.8, 4) is 0 Å². The molecule has 3 aliphatic rings. The fourth-order valence-corrected chi connectivity index (χ4v) is 6.15. The van der Waals surface area contributed by atoms with Crippen molar-refractivity contribution in [2.75, 3.05) is 7.11 Å². The zero-order chi connectivity index (χ0) is 19.3. The van der Waals surface area contributed by atoms with Crippen LogP contribution in [0.15, 0.2) is 23.0 Å². The van der Waals surface area contributed by atoms with Gasteiger partial charge in [-0.1, -0.05) is 13.3 Å². The topological polar surface area (TPSA) is 82.8 Å². The summed E-state index contributed by atoms with van der Waals surface area (Å²) in [4.78, 5) is 38.1. The maximum atomic E-state index is 12.9. The lowest BCUT2D eigenvalue weighted by Gasteiger charge is -2.54. The van der Waals surface area contributed by atoms with Crippen LogP contribution in [-0.2, 0) is 23.9 Å². The Balaban J connectivity index is 1.78. The molecule has 7 atom stereocenters. The molecule has 0 aromatic carbocycles. The number of hydrogen-bond donors (Lipinski definition) is 0. The quantitative estimate of drug-likeness (QED) is 0.755. The van der Waals surface area contributed by atoms with Crippen molar-refractivity contribution in [1.82, 2.24) is 0 Å². The Morgan fingerprint density at radius 2 is 2.07 bits per heavy atom. The van der Waals surface area contributed by atoms with Crippen molar-refractivity contribution in [3.05, 3.63) is 24.2 Å². The molecule has 1 aromatic rings. The monoisotopic (exact) mass is 374 g/mol. The summed E-state index contributed by atoms with van der Waals surface area (Å²) in [6, 6.07) is 1.80. The summed E-state index contributed by atoms with van der Waals surface area (Å²) in [5.41, 5.74) is 0.360. The molecule has 6 heteroatoms. The van der Waals surface area contributed by atoms with E-state index < -0.39 is 11.5 Å². The Morgan fingerprint density at radius 1 is 1.30 bits per heavy atom. The van der Waals surface area contributed by atoms with Crippen molar-refractivity contribution >= 4 is 17.7 Å². The molecule has 2 aliphatic carbocycles. The average Bonchev–Trinajstić information content (AvgIpc) is 3.27. The molecule has 146 valence electrons. The zero-order valence-electron chi connectivity index (χ0n) is 16.0. The van der Waals surface area contributed by atoms with Crippen LogP contribution in [0.25, 0.3) is 0 Å². The summed E-state index contributed by atoms with van der Waals surface area (Å²) in [5.74, 6) is -1.62. The fraction of sp³-hybridized carbons (Fsp3) is 0.667. The van der Waals surface area contributed by atoms with Crippen LogP contribution in [-0.4, -0.2) is 24.8 Å². The van der Waals surface area contributed by atoms with E-state index in [0.29, 0.717) is 6.42 Å². The number of ether oxygens (including phenoxy) is 2. The largest absolute Gasteiger partial charge is 0.472 e. The smallest absolute Gasteiger partial charge is 0.310 e. The van der Waals surface area contributed by atoms with Crippen LogP contribution in [0.5, 0.6) is 0 Å². The molecule has 2 heterocycles. The number of cyclic esters (lactones) is 1. The van der Waals surface area contributed by atoms with Crippen molar-refractivity contribution in [2.24, 2.45) is 35.0 Å². The molecule has 1 aliphatic heterocycles. The highest BCUT2D eigenvalue weighted by atomic mass is 16.6. The first-order valence-corrected chi connectivity index (χ1v) is 9.69. The first-order chi connectivity index (χ1) is 12.9. The fourth-order valence-electron chi connectivity index (χ4n) is 6.15. The van der Waals surface area contributed by atoms with E-state index in [4.69, 9.17) is 13.9 Å². The van der Waals surface area contributed by atoms with Gasteiger partial charge in [-0.3, -0.25) is 14.4 Å². The third-order valence-electron chi connectivity index (χ3n) is 7.37. The minimum atomic E-state index is -0.460. The van der Waals surface area contributed by atoms with E-state index in [2.05, 4.69) is 6.92 Å². The first-order valence-electron chi connectivity index (χ1n) is 9.69. The number of methoxy groups -OCH3 is 1. The highest BCUT2D eigenvalue weighted by Crippen LogP contribution is 2.63. The van der Waals surface area contributed by atoms with Gasteiger partial charge in [0.2, 0.25) is 0 Å². The van der Waals surface area contributed by atoms with E-state index in [1.54, 1.807) is 25.5 Å². The number of esters is 2. The first kappa shape index (κ1) is 18.3. The molecule has 6 nitrogen and oxygen atoms in total. The Morgan fingerprint density at radius 3 is 2.70 bits per heavy atom. The van der Waals surface area contributed by atoms with Crippen LogP contribution in [0.4, 0.5) is 0 Å². The predicted octanol–water partition coefficient (Wildman–Crippen LogP) is 3.31. The lowest BCUT2D eigenvalue weighted by Crippen LogP contribution is -2.55. The molecule has 0 unspecified atom stereocenters. The molecule has 3 fully saturated rings. The Hall–Kier alpha value is -2.11. The van der Waals surface area contributed by atoms with Crippen LogP contribution in [0.3, 0.4) is 0 Å². The summed E-state index contributed by atoms with van der Waals surface area (Å²) in [6.45, 7) is 3.64. The Bertz CT molecular complexity index is 753. The number of hydrogen-bond acceptors (Lipinski definition) is 6. The van der Waals surface area contributed by atoms with Crippen molar-refractivity contribution in [1.29, 1.82) is 0 Å². The Kier molecular flexibility index (Phi) is 4.40. The molecule has 2 saturated carbocycles. The zero-order valence-corrected chi connectivity index (χ0v) is 16.0. The third kappa shape index (κ3) is 2.64. The number of carbonyl (C=O) groups is 3. The van der Waals surface area contributed by atoms with E-state index in [-0.39, 0.29) is 47.3 Å². The van der Waals surface area contributed by atoms with Crippen LogP contribution in [0.2, 0.25) is 0 Å². The van der Waals surface area contributed by atoms with Crippen LogP contribution in [0, 0.1) is 35.0 Å². The summed E-state index contributed by atoms with van der Waals surface area (Å²) < 4.78 is 16.0. The van der Waals surface area contributed by atoms with Crippen LogP contribution in [0.1, 0.15) is 51.2 Å². The summed E-state index contributed by atoms with van der Waals surface area (Å²) in [6.07, 6.45) is 5.74. The lowest BCUT2D eigenvalue weighted by atomic mass is 9.47. The van der Waals surface area contributed by atoms with Crippen LogP contribution < -0.4 is 0 Å². The van der Waals surface area contributed by atoms with Gasteiger partial charge >= 0.3 is 11.9 Å². The van der Waals surface area contributed by atoms with Crippen LogP contribution >= 0.6 is 0 Å². The molecule has 0 N–H and O–H groups in total. The van der Waals surface area contributed by atoms with Gasteiger partial charge in [-0.2, -0.15) is 0 Å². The van der Waals surface area contributed by atoms with Gasteiger partial charge in [-0.05, 0) is 43.6 Å². The maximum Gasteiger partial charge on any atom is 0.310 e. The van der Waals surface area contributed by atoms with Gasteiger partial charge in [0.25, 0.3) is 0 Å². The summed E-state index contributed by atoms with van der Waals surface area (Å²) >= 11 is 0. The average molecular weight is 374 g/mol. The molecule has 0 bridgehead atoms. The van der Waals surface area contributed by atoms with Crippen molar-refractivity contribution < 1.29 is 28.3 Å². The minimum Gasteiger partial charge on any atom is -0.472 e. The van der Waals surface area contributed by atoms with Gasteiger partial charge in [0.05, 0.1) is 31.5 Å². The van der Waals surface area contributed by atoms with E-state index in [1.165, 1.54) is 7.11 Å². The van der Waals surface area contributed by atoms with Gasteiger partial charge in [0, 0.05) is 17.4 Å². The summed E-state index contributed by atoms with van der Waals surface area (Å²) in [7, 11) is 1.40.